The van der Waals surface area contributed by atoms with Crippen molar-refractivity contribution in [3.05, 3.63) is 36.7 Å². The van der Waals surface area contributed by atoms with Crippen LogP contribution in [0.1, 0.15) is 19.8 Å². The Morgan fingerprint density at radius 1 is 1.15 bits per heavy atom. The second kappa shape index (κ2) is 5.69. The Bertz CT molecular complexity index is 693. The summed E-state index contributed by atoms with van der Waals surface area (Å²) in [4.78, 5) is 8.53. The third-order valence-electron chi connectivity index (χ3n) is 3.13. The Morgan fingerprint density at radius 2 is 2.00 bits per heavy atom. The fourth-order valence-corrected chi connectivity index (χ4v) is 2.06. The average molecular weight is 268 g/mol. The van der Waals surface area contributed by atoms with Gasteiger partial charge in [-0.25, -0.2) is 9.97 Å². The molecule has 3 rings (SSSR count). The molecule has 0 amide bonds. The van der Waals surface area contributed by atoms with Crippen molar-refractivity contribution in [2.75, 3.05) is 11.9 Å². The molecule has 0 atom stereocenters. The molecule has 5 nitrogen and oxygen atoms in total. The first-order chi connectivity index (χ1) is 9.90. The molecule has 3 aromatic rings. The van der Waals surface area contributed by atoms with E-state index < -0.39 is 0 Å². The quantitative estimate of drug-likeness (QED) is 0.717. The highest BCUT2D eigenvalue weighted by atomic mass is 16.5. The highest BCUT2D eigenvalue weighted by Gasteiger charge is 2.15. The van der Waals surface area contributed by atoms with E-state index in [-0.39, 0.29) is 0 Å². The second-order valence-electron chi connectivity index (χ2n) is 4.58. The lowest BCUT2D eigenvalue weighted by atomic mass is 10.1. The van der Waals surface area contributed by atoms with E-state index >= 15 is 0 Å². The lowest BCUT2D eigenvalue weighted by Crippen LogP contribution is -2.03. The summed E-state index contributed by atoms with van der Waals surface area (Å²) in [7, 11) is 0. The van der Waals surface area contributed by atoms with Gasteiger partial charge in [0, 0.05) is 12.1 Å². The lowest BCUT2D eigenvalue weighted by molar-refractivity contribution is 0.459. The minimum Gasteiger partial charge on any atom is -0.367 e. The predicted molar refractivity (Wildman–Crippen MR) is 78.4 cm³/mol. The Labute approximate surface area is 117 Å². The fourth-order valence-electron chi connectivity index (χ4n) is 2.06. The fraction of sp³-hybridized carbons (Fsp3) is 0.267. The van der Waals surface area contributed by atoms with Crippen LogP contribution in [-0.4, -0.2) is 21.7 Å². The van der Waals surface area contributed by atoms with Crippen LogP contribution in [0.2, 0.25) is 0 Å². The minimum atomic E-state index is 0.613. The van der Waals surface area contributed by atoms with Gasteiger partial charge in [-0.15, -0.1) is 0 Å². The molecule has 2 heterocycles. The van der Waals surface area contributed by atoms with Crippen LogP contribution in [0.25, 0.3) is 22.4 Å². The number of aromatic nitrogens is 3. The zero-order valence-corrected chi connectivity index (χ0v) is 11.3. The van der Waals surface area contributed by atoms with Crippen LogP contribution in [-0.2, 0) is 0 Å². The van der Waals surface area contributed by atoms with Crippen LogP contribution in [0.3, 0.4) is 0 Å². The van der Waals surface area contributed by atoms with Crippen molar-refractivity contribution in [1.82, 2.24) is 15.1 Å². The molecule has 0 aliphatic carbocycles. The normalized spacial score (nSPS) is 10.8. The highest BCUT2D eigenvalue weighted by Crippen LogP contribution is 2.28. The molecule has 1 aromatic carbocycles. The number of hydrogen-bond acceptors (Lipinski definition) is 5. The van der Waals surface area contributed by atoms with Crippen molar-refractivity contribution in [2.24, 2.45) is 0 Å². The van der Waals surface area contributed by atoms with Gasteiger partial charge in [0.2, 0.25) is 5.58 Å². The molecular weight excluding hydrogens is 252 g/mol. The monoisotopic (exact) mass is 268 g/mol. The van der Waals surface area contributed by atoms with Gasteiger partial charge < -0.3 is 9.84 Å². The minimum absolute atomic E-state index is 0.613. The van der Waals surface area contributed by atoms with Crippen LogP contribution in [0.4, 0.5) is 5.82 Å². The number of hydrogen-bond donors (Lipinski definition) is 1. The van der Waals surface area contributed by atoms with Gasteiger partial charge in [0.25, 0.3) is 0 Å². The molecule has 0 bridgehead atoms. The van der Waals surface area contributed by atoms with E-state index in [4.69, 9.17) is 4.52 Å². The van der Waals surface area contributed by atoms with Crippen molar-refractivity contribution in [3.8, 4) is 11.3 Å². The number of benzene rings is 1. The molecule has 1 N–H and O–H groups in total. The Kier molecular flexibility index (Phi) is 3.58. The zero-order chi connectivity index (χ0) is 13.8. The third kappa shape index (κ3) is 2.34. The first-order valence-electron chi connectivity index (χ1n) is 6.80. The van der Waals surface area contributed by atoms with Gasteiger partial charge in [-0.05, 0) is 6.42 Å². The zero-order valence-electron chi connectivity index (χ0n) is 11.3. The molecule has 102 valence electrons. The maximum atomic E-state index is 5.43. The first-order valence-corrected chi connectivity index (χ1v) is 6.80. The van der Waals surface area contributed by atoms with E-state index in [1.807, 2.05) is 30.3 Å². The molecule has 0 radical (unpaired) electrons. The molecule has 0 spiro atoms. The van der Waals surface area contributed by atoms with Gasteiger partial charge in [0.1, 0.15) is 17.5 Å². The van der Waals surface area contributed by atoms with Crippen molar-refractivity contribution in [3.63, 3.8) is 0 Å². The molecule has 20 heavy (non-hydrogen) atoms. The molecule has 0 aliphatic heterocycles. The van der Waals surface area contributed by atoms with Crippen LogP contribution >= 0.6 is 0 Å². The number of nitrogens with one attached hydrogen (secondary N) is 1. The molecule has 0 aliphatic rings. The number of nitrogens with zero attached hydrogens (tertiary/aromatic N) is 3. The van der Waals surface area contributed by atoms with Crippen molar-refractivity contribution in [2.45, 2.75) is 19.8 Å². The predicted octanol–water partition coefficient (Wildman–Crippen LogP) is 3.50. The van der Waals surface area contributed by atoms with E-state index in [2.05, 4.69) is 27.4 Å². The first kappa shape index (κ1) is 12.6. The van der Waals surface area contributed by atoms with Gasteiger partial charge in [-0.2, -0.15) is 0 Å². The smallest absolute Gasteiger partial charge is 0.228 e. The van der Waals surface area contributed by atoms with Crippen LogP contribution in [0.15, 0.2) is 41.2 Å². The van der Waals surface area contributed by atoms with Crippen LogP contribution in [0.5, 0.6) is 0 Å². The summed E-state index contributed by atoms with van der Waals surface area (Å²) in [5.74, 6) is 0.707. The van der Waals surface area contributed by atoms with Crippen molar-refractivity contribution in [1.29, 1.82) is 0 Å². The summed E-state index contributed by atoms with van der Waals surface area (Å²) in [6.07, 6.45) is 3.76. The van der Waals surface area contributed by atoms with Gasteiger partial charge in [0.05, 0.1) is 0 Å². The molecule has 0 fully saturated rings. The van der Waals surface area contributed by atoms with Crippen molar-refractivity contribution >= 4 is 16.9 Å². The third-order valence-corrected chi connectivity index (χ3v) is 3.13. The Morgan fingerprint density at radius 3 is 2.80 bits per heavy atom. The number of fused-ring (bicyclic) bond motifs is 1. The molecule has 0 saturated carbocycles. The number of unbranched alkanes of at least 4 members (excludes halogenated alkanes) is 1. The molecule has 0 saturated heterocycles. The highest BCUT2D eigenvalue weighted by molar-refractivity contribution is 5.93. The van der Waals surface area contributed by atoms with E-state index in [0.29, 0.717) is 11.4 Å². The summed E-state index contributed by atoms with van der Waals surface area (Å²) < 4.78 is 5.43. The maximum absolute atomic E-state index is 5.43. The lowest BCUT2D eigenvalue weighted by Gasteiger charge is -2.03. The standard InChI is InChI=1S/C15H16N4O/c1-2-3-9-16-15-14-13(17-10-18-15)12(19-20-14)11-7-5-4-6-8-11/h4-8,10H,2-3,9H2,1H3,(H,16,17,18). The summed E-state index contributed by atoms with van der Waals surface area (Å²) in [5, 5.41) is 7.41. The van der Waals surface area contributed by atoms with Crippen molar-refractivity contribution < 1.29 is 4.52 Å². The van der Waals surface area contributed by atoms with E-state index in [9.17, 15) is 0 Å². The molecule has 0 unspecified atom stereocenters. The Hall–Kier alpha value is -2.43. The largest absolute Gasteiger partial charge is 0.367 e. The summed E-state index contributed by atoms with van der Waals surface area (Å²) >= 11 is 0. The summed E-state index contributed by atoms with van der Waals surface area (Å²) in [6, 6.07) is 9.89. The molecular formula is C15H16N4O. The van der Waals surface area contributed by atoms with Gasteiger partial charge in [-0.1, -0.05) is 48.8 Å². The van der Waals surface area contributed by atoms with Crippen LogP contribution < -0.4 is 5.32 Å². The average Bonchev–Trinajstić information content (AvgIpc) is 2.93. The summed E-state index contributed by atoms with van der Waals surface area (Å²) in [6.45, 7) is 3.02. The second-order valence-corrected chi connectivity index (χ2v) is 4.58. The van der Waals surface area contributed by atoms with E-state index in [1.54, 1.807) is 6.33 Å². The molecule has 2 aromatic heterocycles. The topological polar surface area (TPSA) is 63.8 Å². The summed E-state index contributed by atoms with van der Waals surface area (Å²) in [5.41, 5.74) is 3.10. The van der Waals surface area contributed by atoms with Crippen LogP contribution in [0, 0.1) is 0 Å². The number of anilines is 1. The maximum Gasteiger partial charge on any atom is 0.228 e. The van der Waals surface area contributed by atoms with Gasteiger partial charge >= 0.3 is 0 Å². The van der Waals surface area contributed by atoms with E-state index in [1.165, 1.54) is 0 Å². The molecule has 5 heteroatoms. The van der Waals surface area contributed by atoms with E-state index in [0.717, 1.165) is 36.2 Å². The van der Waals surface area contributed by atoms with Gasteiger partial charge in [-0.3, -0.25) is 0 Å². The Balaban J connectivity index is 1.99. The van der Waals surface area contributed by atoms with Gasteiger partial charge in [0.15, 0.2) is 5.82 Å². The number of rotatable bonds is 5. The SMILES string of the molecule is CCCCNc1ncnc2c(-c3ccccc3)noc12.